The van der Waals surface area contributed by atoms with Gasteiger partial charge in [0.1, 0.15) is 5.82 Å². The van der Waals surface area contributed by atoms with Gasteiger partial charge in [-0.15, -0.1) is 0 Å². The van der Waals surface area contributed by atoms with Crippen molar-refractivity contribution in [1.82, 2.24) is 5.32 Å². The first-order valence-corrected chi connectivity index (χ1v) is 6.99. The Labute approximate surface area is 122 Å². The summed E-state index contributed by atoms with van der Waals surface area (Å²) in [6, 6.07) is 4.09. The molecule has 4 nitrogen and oxygen atoms in total. The molecule has 2 N–H and O–H groups in total. The molecule has 21 heavy (non-hydrogen) atoms. The van der Waals surface area contributed by atoms with Gasteiger partial charge in [0.05, 0.1) is 5.56 Å². The van der Waals surface area contributed by atoms with Crippen LogP contribution in [0.25, 0.3) is 6.08 Å². The lowest BCUT2D eigenvalue weighted by Crippen LogP contribution is -2.40. The average molecular weight is 291 g/mol. The van der Waals surface area contributed by atoms with Crippen molar-refractivity contribution < 1.29 is 19.1 Å². The lowest BCUT2D eigenvalue weighted by molar-refractivity contribution is -0.131. The number of aliphatic carboxylic acids is 1. The number of carboxylic acid groups (broad SMARTS) is 1. The van der Waals surface area contributed by atoms with E-state index in [1.54, 1.807) is 0 Å². The fraction of sp³-hybridized carbons (Fsp3) is 0.375. The van der Waals surface area contributed by atoms with Gasteiger partial charge >= 0.3 is 5.97 Å². The molecule has 2 rings (SSSR count). The number of rotatable bonds is 5. The third-order valence-electron chi connectivity index (χ3n) is 3.87. The molecule has 1 saturated carbocycles. The van der Waals surface area contributed by atoms with Gasteiger partial charge in [0, 0.05) is 12.1 Å². The molecule has 0 bridgehead atoms. The highest BCUT2D eigenvalue weighted by Crippen LogP contribution is 2.29. The van der Waals surface area contributed by atoms with Crippen LogP contribution in [0.2, 0.25) is 0 Å². The van der Waals surface area contributed by atoms with Gasteiger partial charge in [-0.25, -0.2) is 9.18 Å². The van der Waals surface area contributed by atoms with E-state index in [9.17, 15) is 14.0 Å². The number of carbonyl (C=O) groups excluding carboxylic acids is 1. The molecule has 0 radical (unpaired) electrons. The van der Waals surface area contributed by atoms with Crippen LogP contribution in [0, 0.1) is 11.7 Å². The monoisotopic (exact) mass is 291 g/mol. The second kappa shape index (κ2) is 6.52. The van der Waals surface area contributed by atoms with Crippen molar-refractivity contribution in [3.8, 4) is 0 Å². The first-order chi connectivity index (χ1) is 9.97. The van der Waals surface area contributed by atoms with E-state index in [-0.39, 0.29) is 11.6 Å². The summed E-state index contributed by atoms with van der Waals surface area (Å²) in [6.45, 7) is 1.93. The normalized spacial score (nSPS) is 16.5. The van der Waals surface area contributed by atoms with E-state index in [1.165, 1.54) is 24.6 Å². The minimum absolute atomic E-state index is 0.0198. The fourth-order valence-corrected chi connectivity index (χ4v) is 2.33. The maximum absolute atomic E-state index is 13.9. The zero-order valence-corrected chi connectivity index (χ0v) is 11.8. The summed E-state index contributed by atoms with van der Waals surface area (Å²) in [5.41, 5.74) is 0.382. The third kappa shape index (κ3) is 3.90. The summed E-state index contributed by atoms with van der Waals surface area (Å²) >= 11 is 0. The highest BCUT2D eigenvalue weighted by atomic mass is 19.1. The van der Waals surface area contributed by atoms with Crippen LogP contribution >= 0.6 is 0 Å². The SMILES string of the molecule is CC(NC(=O)c1ccc(/C=C/C(=O)O)cc1F)C1CCC1. The summed E-state index contributed by atoms with van der Waals surface area (Å²) in [6.07, 6.45) is 5.59. The maximum atomic E-state index is 13.9. The predicted molar refractivity (Wildman–Crippen MR) is 77.3 cm³/mol. The minimum atomic E-state index is -1.11. The molecule has 0 heterocycles. The van der Waals surface area contributed by atoms with Gasteiger partial charge in [-0.05, 0) is 49.5 Å². The third-order valence-corrected chi connectivity index (χ3v) is 3.87. The number of hydrogen-bond acceptors (Lipinski definition) is 2. The topological polar surface area (TPSA) is 66.4 Å². The van der Waals surface area contributed by atoms with Crippen molar-refractivity contribution in [1.29, 1.82) is 0 Å². The number of benzene rings is 1. The molecule has 0 aliphatic heterocycles. The number of carboxylic acids is 1. The Bertz CT molecular complexity index is 579. The van der Waals surface area contributed by atoms with Crippen LogP contribution in [0.3, 0.4) is 0 Å². The van der Waals surface area contributed by atoms with Gasteiger partial charge in [-0.1, -0.05) is 12.5 Å². The Hall–Kier alpha value is -2.17. The zero-order chi connectivity index (χ0) is 15.4. The molecule has 1 amide bonds. The Morgan fingerprint density at radius 2 is 2.14 bits per heavy atom. The van der Waals surface area contributed by atoms with Crippen LogP contribution in [0.5, 0.6) is 0 Å². The molecule has 112 valence electrons. The Morgan fingerprint density at radius 3 is 2.67 bits per heavy atom. The van der Waals surface area contributed by atoms with Gasteiger partial charge in [0.15, 0.2) is 0 Å². The van der Waals surface area contributed by atoms with E-state index in [4.69, 9.17) is 5.11 Å². The number of halogens is 1. The largest absolute Gasteiger partial charge is 0.478 e. The van der Waals surface area contributed by atoms with Crippen molar-refractivity contribution in [2.45, 2.75) is 32.2 Å². The predicted octanol–water partition coefficient (Wildman–Crippen LogP) is 2.84. The van der Waals surface area contributed by atoms with Crippen LogP contribution < -0.4 is 5.32 Å². The summed E-state index contributed by atoms with van der Waals surface area (Å²) in [4.78, 5) is 22.4. The van der Waals surface area contributed by atoms with Gasteiger partial charge in [0.2, 0.25) is 0 Å². The van der Waals surface area contributed by atoms with E-state index >= 15 is 0 Å². The molecule has 1 aromatic carbocycles. The molecular formula is C16H18FNO3. The van der Waals surface area contributed by atoms with Crippen molar-refractivity contribution in [3.63, 3.8) is 0 Å². The fourth-order valence-electron chi connectivity index (χ4n) is 2.33. The Balaban J connectivity index is 2.05. The molecule has 0 saturated heterocycles. The van der Waals surface area contributed by atoms with Crippen molar-refractivity contribution >= 4 is 18.0 Å². The minimum Gasteiger partial charge on any atom is -0.478 e. The molecule has 1 atom stereocenters. The molecular weight excluding hydrogens is 273 g/mol. The van der Waals surface area contributed by atoms with Gasteiger partial charge in [0.25, 0.3) is 5.91 Å². The van der Waals surface area contributed by atoms with Gasteiger partial charge < -0.3 is 10.4 Å². The van der Waals surface area contributed by atoms with Gasteiger partial charge in [-0.3, -0.25) is 4.79 Å². The Kier molecular flexibility index (Phi) is 4.73. The number of amides is 1. The quantitative estimate of drug-likeness (QED) is 0.820. The average Bonchev–Trinajstić information content (AvgIpc) is 2.33. The van der Waals surface area contributed by atoms with Crippen LogP contribution in [-0.4, -0.2) is 23.0 Å². The number of hydrogen-bond donors (Lipinski definition) is 2. The lowest BCUT2D eigenvalue weighted by atomic mass is 9.80. The molecule has 1 aliphatic carbocycles. The van der Waals surface area contributed by atoms with Crippen LogP contribution in [-0.2, 0) is 4.79 Å². The Morgan fingerprint density at radius 1 is 1.43 bits per heavy atom. The second-order valence-corrected chi connectivity index (χ2v) is 5.36. The zero-order valence-electron chi connectivity index (χ0n) is 11.8. The lowest BCUT2D eigenvalue weighted by Gasteiger charge is -2.31. The van der Waals surface area contributed by atoms with Crippen molar-refractivity contribution in [2.24, 2.45) is 5.92 Å². The summed E-state index contributed by atoms with van der Waals surface area (Å²) in [5, 5.41) is 11.3. The molecule has 0 aromatic heterocycles. The van der Waals surface area contributed by atoms with Gasteiger partial charge in [-0.2, -0.15) is 0 Å². The second-order valence-electron chi connectivity index (χ2n) is 5.36. The van der Waals surface area contributed by atoms with Crippen LogP contribution in [0.4, 0.5) is 4.39 Å². The standard InChI is InChI=1S/C16H18FNO3/c1-10(12-3-2-4-12)18-16(21)13-7-5-11(9-14(13)17)6-8-15(19)20/h5-10,12H,2-4H2,1H3,(H,18,21)(H,19,20)/b8-6+. The summed E-state index contributed by atoms with van der Waals surface area (Å²) in [5.74, 6) is -1.71. The molecule has 0 spiro atoms. The highest BCUT2D eigenvalue weighted by molar-refractivity contribution is 5.95. The summed E-state index contributed by atoms with van der Waals surface area (Å²) in [7, 11) is 0. The first kappa shape index (κ1) is 15.2. The van der Waals surface area contributed by atoms with Crippen molar-refractivity contribution in [3.05, 3.63) is 41.2 Å². The number of nitrogens with one attached hydrogen (secondary N) is 1. The van der Waals surface area contributed by atoms with Crippen molar-refractivity contribution in [2.75, 3.05) is 0 Å². The smallest absolute Gasteiger partial charge is 0.328 e. The maximum Gasteiger partial charge on any atom is 0.328 e. The van der Waals surface area contributed by atoms with Crippen LogP contribution in [0.1, 0.15) is 42.1 Å². The molecule has 1 fully saturated rings. The molecule has 1 unspecified atom stereocenters. The summed E-state index contributed by atoms with van der Waals surface area (Å²) < 4.78 is 13.9. The van der Waals surface area contributed by atoms with E-state index in [1.807, 2.05) is 6.92 Å². The first-order valence-electron chi connectivity index (χ1n) is 6.99. The highest BCUT2D eigenvalue weighted by Gasteiger charge is 2.25. The molecule has 5 heteroatoms. The molecule has 1 aliphatic rings. The molecule has 1 aromatic rings. The van der Waals surface area contributed by atoms with E-state index in [0.29, 0.717) is 11.5 Å². The van der Waals surface area contributed by atoms with E-state index in [2.05, 4.69) is 5.32 Å². The van der Waals surface area contributed by atoms with Crippen LogP contribution in [0.15, 0.2) is 24.3 Å². The number of carbonyl (C=O) groups is 2. The van der Waals surface area contributed by atoms with E-state index in [0.717, 1.165) is 25.0 Å². The van der Waals surface area contributed by atoms with E-state index < -0.39 is 17.7 Å².